The van der Waals surface area contributed by atoms with Gasteiger partial charge in [-0.15, -0.1) is 0 Å². The fraction of sp³-hybridized carbons (Fsp3) is 0.556. The molecule has 0 unspecified atom stereocenters. The predicted octanol–water partition coefficient (Wildman–Crippen LogP) is 3.31. The largest absolute Gasteiger partial charge is 0.348 e. The zero-order valence-electron chi connectivity index (χ0n) is 14.4. The Bertz CT molecular complexity index is 492. The van der Waals surface area contributed by atoms with Crippen LogP contribution in [0.2, 0.25) is 0 Å². The molecule has 1 aromatic carbocycles. The first-order valence-corrected chi connectivity index (χ1v) is 8.05. The van der Waals surface area contributed by atoms with E-state index in [4.69, 9.17) is 5.41 Å². The van der Waals surface area contributed by atoms with Gasteiger partial charge in [-0.25, -0.2) is 0 Å². The highest BCUT2D eigenvalue weighted by Gasteiger charge is 2.15. The molecule has 0 heterocycles. The molecule has 0 aliphatic heterocycles. The zero-order chi connectivity index (χ0) is 16.7. The van der Waals surface area contributed by atoms with Crippen molar-refractivity contribution in [1.29, 1.82) is 5.41 Å². The molecule has 1 amide bonds. The standard InChI is InChI=1S/C18H29N3O/c1-6-17(7-2)21(5)12-13(3)20-18(22)16-10-8-15(9-11-16)14(4)19/h8-11,13,17,19H,6-7,12H2,1-5H3,(H,20,22)/t13-/m1/s1. The lowest BCUT2D eigenvalue weighted by Gasteiger charge is -2.29. The van der Waals surface area contributed by atoms with Gasteiger partial charge in [0.05, 0.1) is 0 Å². The first-order valence-electron chi connectivity index (χ1n) is 8.05. The summed E-state index contributed by atoms with van der Waals surface area (Å²) in [4.78, 5) is 14.6. The quantitative estimate of drug-likeness (QED) is 0.724. The number of carbonyl (C=O) groups excluding carboxylic acids is 1. The predicted molar refractivity (Wildman–Crippen MR) is 92.9 cm³/mol. The summed E-state index contributed by atoms with van der Waals surface area (Å²) in [6.45, 7) is 9.01. The summed E-state index contributed by atoms with van der Waals surface area (Å²) < 4.78 is 0. The number of benzene rings is 1. The molecule has 0 radical (unpaired) electrons. The number of carbonyl (C=O) groups is 1. The van der Waals surface area contributed by atoms with Crippen molar-refractivity contribution in [3.8, 4) is 0 Å². The van der Waals surface area contributed by atoms with Crippen LogP contribution in [0.25, 0.3) is 0 Å². The van der Waals surface area contributed by atoms with Gasteiger partial charge in [-0.1, -0.05) is 26.0 Å². The molecule has 0 saturated heterocycles. The van der Waals surface area contributed by atoms with Crippen molar-refractivity contribution in [3.05, 3.63) is 35.4 Å². The molecule has 0 aromatic heterocycles. The van der Waals surface area contributed by atoms with Crippen LogP contribution in [0.4, 0.5) is 0 Å². The van der Waals surface area contributed by atoms with Crippen molar-refractivity contribution in [3.63, 3.8) is 0 Å². The van der Waals surface area contributed by atoms with E-state index < -0.39 is 0 Å². The molecule has 4 nitrogen and oxygen atoms in total. The van der Waals surface area contributed by atoms with E-state index in [0.717, 1.165) is 24.9 Å². The molecular weight excluding hydrogens is 274 g/mol. The van der Waals surface area contributed by atoms with Crippen molar-refractivity contribution in [2.45, 2.75) is 52.6 Å². The third-order valence-electron chi connectivity index (χ3n) is 4.09. The van der Waals surface area contributed by atoms with Gasteiger partial charge in [-0.05, 0) is 51.4 Å². The first-order chi connectivity index (χ1) is 10.4. The Morgan fingerprint density at radius 1 is 1.18 bits per heavy atom. The number of nitrogens with zero attached hydrogens (tertiary/aromatic N) is 1. The SMILES string of the molecule is CCC(CC)N(C)C[C@@H](C)NC(=O)c1ccc(C(C)=N)cc1. The van der Waals surface area contributed by atoms with Gasteiger partial charge >= 0.3 is 0 Å². The third kappa shape index (κ3) is 5.26. The minimum atomic E-state index is -0.0559. The Morgan fingerprint density at radius 3 is 2.14 bits per heavy atom. The zero-order valence-corrected chi connectivity index (χ0v) is 14.4. The Morgan fingerprint density at radius 2 is 1.68 bits per heavy atom. The summed E-state index contributed by atoms with van der Waals surface area (Å²) in [5, 5.41) is 10.6. The molecule has 0 saturated carbocycles. The number of hydrogen-bond acceptors (Lipinski definition) is 3. The fourth-order valence-electron chi connectivity index (χ4n) is 2.72. The Kier molecular flexibility index (Phi) is 7.25. The minimum absolute atomic E-state index is 0.0559. The van der Waals surface area contributed by atoms with Crippen LogP contribution >= 0.6 is 0 Å². The molecule has 1 atom stereocenters. The van der Waals surface area contributed by atoms with E-state index in [1.54, 1.807) is 19.1 Å². The van der Waals surface area contributed by atoms with E-state index in [1.165, 1.54) is 0 Å². The number of nitrogens with one attached hydrogen (secondary N) is 2. The van der Waals surface area contributed by atoms with Gasteiger partial charge in [-0.3, -0.25) is 4.79 Å². The highest BCUT2D eigenvalue weighted by molar-refractivity contribution is 5.98. The van der Waals surface area contributed by atoms with Gasteiger partial charge < -0.3 is 15.6 Å². The lowest BCUT2D eigenvalue weighted by Crippen LogP contribution is -2.43. The Hall–Kier alpha value is -1.68. The molecule has 1 aromatic rings. The van der Waals surface area contributed by atoms with Crippen LogP contribution in [-0.4, -0.2) is 42.2 Å². The molecule has 0 aliphatic carbocycles. The third-order valence-corrected chi connectivity index (χ3v) is 4.09. The van der Waals surface area contributed by atoms with E-state index in [0.29, 0.717) is 17.3 Å². The molecule has 22 heavy (non-hydrogen) atoms. The van der Waals surface area contributed by atoms with Gasteiger partial charge in [0.15, 0.2) is 0 Å². The molecule has 0 bridgehead atoms. The molecule has 1 rings (SSSR count). The summed E-state index contributed by atoms with van der Waals surface area (Å²) in [7, 11) is 2.11. The van der Waals surface area contributed by atoms with E-state index in [-0.39, 0.29) is 11.9 Å². The summed E-state index contributed by atoms with van der Waals surface area (Å²) in [5.74, 6) is -0.0559. The number of hydrogen-bond donors (Lipinski definition) is 2. The molecular formula is C18H29N3O. The highest BCUT2D eigenvalue weighted by atomic mass is 16.1. The van der Waals surface area contributed by atoms with Crippen LogP contribution in [0.5, 0.6) is 0 Å². The van der Waals surface area contributed by atoms with Crippen molar-refractivity contribution in [2.75, 3.05) is 13.6 Å². The van der Waals surface area contributed by atoms with Gasteiger partial charge in [0, 0.05) is 29.9 Å². The molecule has 0 spiro atoms. The number of likely N-dealkylation sites (N-methyl/N-ethyl adjacent to an activating group) is 1. The van der Waals surface area contributed by atoms with Crippen LogP contribution in [-0.2, 0) is 0 Å². The van der Waals surface area contributed by atoms with E-state index >= 15 is 0 Å². The van der Waals surface area contributed by atoms with Gasteiger partial charge in [0.25, 0.3) is 5.91 Å². The number of amides is 1. The van der Waals surface area contributed by atoms with Crippen molar-refractivity contribution >= 4 is 11.6 Å². The van der Waals surface area contributed by atoms with Gasteiger partial charge in [-0.2, -0.15) is 0 Å². The lowest BCUT2D eigenvalue weighted by atomic mass is 10.1. The summed E-state index contributed by atoms with van der Waals surface area (Å²) in [6.07, 6.45) is 2.25. The first kappa shape index (κ1) is 18.4. The maximum absolute atomic E-state index is 12.2. The summed E-state index contributed by atoms with van der Waals surface area (Å²) in [5.41, 5.74) is 1.99. The average Bonchev–Trinajstić information content (AvgIpc) is 2.48. The maximum atomic E-state index is 12.2. The average molecular weight is 303 g/mol. The topological polar surface area (TPSA) is 56.2 Å². The summed E-state index contributed by atoms with van der Waals surface area (Å²) in [6, 6.07) is 7.85. The monoisotopic (exact) mass is 303 g/mol. The van der Waals surface area contributed by atoms with Crippen LogP contribution < -0.4 is 5.32 Å². The lowest BCUT2D eigenvalue weighted by molar-refractivity contribution is 0.0925. The molecule has 0 aliphatic rings. The molecule has 0 fully saturated rings. The maximum Gasteiger partial charge on any atom is 0.251 e. The van der Waals surface area contributed by atoms with Crippen molar-refractivity contribution in [2.24, 2.45) is 0 Å². The van der Waals surface area contributed by atoms with Crippen molar-refractivity contribution < 1.29 is 4.79 Å². The Labute approximate surface area is 134 Å². The van der Waals surface area contributed by atoms with E-state index in [9.17, 15) is 4.79 Å². The van der Waals surface area contributed by atoms with Crippen LogP contribution in [0.1, 0.15) is 56.5 Å². The number of rotatable bonds is 8. The fourth-order valence-corrected chi connectivity index (χ4v) is 2.72. The Balaban J connectivity index is 2.58. The smallest absolute Gasteiger partial charge is 0.251 e. The molecule has 2 N–H and O–H groups in total. The second kappa shape index (κ2) is 8.69. The second-order valence-corrected chi connectivity index (χ2v) is 5.99. The van der Waals surface area contributed by atoms with Crippen LogP contribution in [0.3, 0.4) is 0 Å². The van der Waals surface area contributed by atoms with E-state index in [2.05, 4.69) is 31.1 Å². The summed E-state index contributed by atoms with van der Waals surface area (Å²) >= 11 is 0. The van der Waals surface area contributed by atoms with Crippen LogP contribution in [0, 0.1) is 5.41 Å². The molecule has 4 heteroatoms. The van der Waals surface area contributed by atoms with Crippen molar-refractivity contribution in [1.82, 2.24) is 10.2 Å². The molecule has 122 valence electrons. The normalized spacial score (nSPS) is 12.5. The van der Waals surface area contributed by atoms with E-state index in [1.807, 2.05) is 19.1 Å². The van der Waals surface area contributed by atoms with Crippen LogP contribution in [0.15, 0.2) is 24.3 Å². The highest BCUT2D eigenvalue weighted by Crippen LogP contribution is 2.08. The van der Waals surface area contributed by atoms with Gasteiger partial charge in [0.2, 0.25) is 0 Å². The minimum Gasteiger partial charge on any atom is -0.348 e. The second-order valence-electron chi connectivity index (χ2n) is 5.99. The van der Waals surface area contributed by atoms with Gasteiger partial charge in [0.1, 0.15) is 0 Å².